The Hall–Kier alpha value is -4.32. The number of aliphatic hydroxyl groups is 1. The summed E-state index contributed by atoms with van der Waals surface area (Å²) >= 11 is 0. The third kappa shape index (κ3) is 9.18. The van der Waals surface area contributed by atoms with Gasteiger partial charge in [0.05, 0.1) is 30.2 Å². The number of ketones is 1. The van der Waals surface area contributed by atoms with Crippen LogP contribution in [0.5, 0.6) is 5.75 Å². The summed E-state index contributed by atoms with van der Waals surface area (Å²) in [6.07, 6.45) is -0.971. The maximum Gasteiger partial charge on any atom is 0.254 e. The molecule has 1 aromatic heterocycles. The Labute approximate surface area is 283 Å². The minimum absolute atomic E-state index is 0.0285. The van der Waals surface area contributed by atoms with Crippen LogP contribution in [-0.2, 0) is 23.0 Å². The van der Waals surface area contributed by atoms with Crippen LogP contribution >= 0.6 is 0 Å². The quantitative estimate of drug-likeness (QED) is 0.150. The Bertz CT molecular complexity index is 1790. The van der Waals surface area contributed by atoms with Gasteiger partial charge in [-0.05, 0) is 61.1 Å². The molecule has 11 heteroatoms. The van der Waals surface area contributed by atoms with Crippen molar-refractivity contribution in [3.63, 3.8) is 0 Å². The van der Waals surface area contributed by atoms with Crippen LogP contribution in [0.2, 0.25) is 0 Å². The average Bonchev–Trinajstić information content (AvgIpc) is 3.39. The summed E-state index contributed by atoms with van der Waals surface area (Å²) in [5, 5.41) is 11.7. The molecule has 10 nitrogen and oxygen atoms in total. The third-order valence-corrected chi connectivity index (χ3v) is 10.0. The van der Waals surface area contributed by atoms with Crippen LogP contribution in [0, 0.1) is 25.7 Å². The molecule has 4 aromatic rings. The maximum atomic E-state index is 14.0. The summed E-state index contributed by atoms with van der Waals surface area (Å²) in [4.78, 5) is 33.6. The van der Waals surface area contributed by atoms with Crippen molar-refractivity contribution < 1.29 is 32.3 Å². The summed E-state index contributed by atoms with van der Waals surface area (Å²) in [5.41, 5.74) is 2.00. The predicted molar refractivity (Wildman–Crippen MR) is 183 cm³/mol. The molecular formula is C37H45N3O7S. The molecule has 4 rings (SSSR count). The van der Waals surface area contributed by atoms with Crippen molar-refractivity contribution in [1.82, 2.24) is 14.2 Å². The lowest BCUT2D eigenvalue weighted by atomic mass is 9.86. The first kappa shape index (κ1) is 36.5. The Morgan fingerprint density at radius 3 is 2.12 bits per heavy atom. The van der Waals surface area contributed by atoms with Gasteiger partial charge >= 0.3 is 0 Å². The van der Waals surface area contributed by atoms with E-state index >= 15 is 0 Å². The fourth-order valence-corrected chi connectivity index (χ4v) is 7.30. The normalized spacial score (nSPS) is 13.0. The van der Waals surface area contributed by atoms with Gasteiger partial charge in [-0.25, -0.2) is 13.4 Å². The number of methoxy groups -OCH3 is 1. The lowest BCUT2D eigenvalue weighted by Gasteiger charge is -2.30. The second kappa shape index (κ2) is 16.2. The number of Topliss-reactive ketones (excluding diaryl/α,β-unsaturated/α-hetero) is 1. The zero-order valence-corrected chi connectivity index (χ0v) is 29.2. The molecule has 1 N–H and O–H groups in total. The molecule has 0 fully saturated rings. The van der Waals surface area contributed by atoms with Gasteiger partial charge in [-0.15, -0.1) is 0 Å². The van der Waals surface area contributed by atoms with E-state index in [0.717, 1.165) is 5.56 Å². The molecule has 1 amide bonds. The van der Waals surface area contributed by atoms with E-state index in [2.05, 4.69) is 4.98 Å². The van der Waals surface area contributed by atoms with Crippen molar-refractivity contribution in [1.29, 1.82) is 0 Å². The van der Waals surface area contributed by atoms with E-state index in [1.165, 1.54) is 28.4 Å². The molecule has 0 saturated carbocycles. The number of aryl methyl sites for hydroxylation is 2. The Morgan fingerprint density at radius 2 is 1.54 bits per heavy atom. The minimum Gasteiger partial charge on any atom is -0.497 e. The van der Waals surface area contributed by atoms with Crippen molar-refractivity contribution in [2.24, 2.45) is 11.8 Å². The second-order valence-corrected chi connectivity index (χ2v) is 14.4. The van der Waals surface area contributed by atoms with Crippen LogP contribution in [0.1, 0.15) is 63.9 Å². The lowest BCUT2D eigenvalue weighted by Crippen LogP contribution is -2.43. The summed E-state index contributed by atoms with van der Waals surface area (Å²) in [6.45, 7) is 7.50. The SMILES string of the molecule is COc1ccc(S(=O)(=O)N(CC(C)C)C[C@@H](O)[C@@H](CC(=O)c2ccccc2C(=O)N(C)Cc2nc(C)oc2C)Cc2ccccc2)cc1. The lowest BCUT2D eigenvalue weighted by molar-refractivity contribution is 0.0684. The Kier molecular flexibility index (Phi) is 12.3. The first-order valence-electron chi connectivity index (χ1n) is 16.0. The number of aromatic nitrogens is 1. The molecular weight excluding hydrogens is 630 g/mol. The van der Waals surface area contributed by atoms with Gasteiger partial charge in [-0.1, -0.05) is 62.4 Å². The average molecular weight is 676 g/mol. The highest BCUT2D eigenvalue weighted by molar-refractivity contribution is 7.89. The van der Waals surface area contributed by atoms with Gasteiger partial charge in [0, 0.05) is 39.0 Å². The molecule has 0 bridgehead atoms. The van der Waals surface area contributed by atoms with Crippen molar-refractivity contribution in [3.05, 3.63) is 113 Å². The van der Waals surface area contributed by atoms with E-state index in [9.17, 15) is 23.1 Å². The van der Waals surface area contributed by atoms with Gasteiger partial charge in [-0.3, -0.25) is 9.59 Å². The molecule has 0 unspecified atom stereocenters. The molecule has 0 aliphatic heterocycles. The largest absolute Gasteiger partial charge is 0.497 e. The van der Waals surface area contributed by atoms with Gasteiger partial charge < -0.3 is 19.2 Å². The van der Waals surface area contributed by atoms with Crippen LogP contribution in [-0.4, -0.2) is 72.8 Å². The monoisotopic (exact) mass is 675 g/mol. The van der Waals surface area contributed by atoms with Gasteiger partial charge in [-0.2, -0.15) is 4.31 Å². The first-order valence-corrected chi connectivity index (χ1v) is 17.4. The summed E-state index contributed by atoms with van der Waals surface area (Å²) in [5.74, 6) is 0.295. The van der Waals surface area contributed by atoms with Crippen LogP contribution in [0.15, 0.2) is 88.2 Å². The second-order valence-electron chi connectivity index (χ2n) is 12.5. The molecule has 2 atom stereocenters. The van der Waals surface area contributed by atoms with Gasteiger partial charge in [0.15, 0.2) is 11.7 Å². The van der Waals surface area contributed by atoms with E-state index in [4.69, 9.17) is 9.15 Å². The number of ether oxygens (including phenoxy) is 1. The van der Waals surface area contributed by atoms with Gasteiger partial charge in [0.1, 0.15) is 17.2 Å². The van der Waals surface area contributed by atoms with Crippen molar-refractivity contribution in [2.75, 3.05) is 27.2 Å². The van der Waals surface area contributed by atoms with Crippen molar-refractivity contribution in [3.8, 4) is 5.75 Å². The van der Waals surface area contributed by atoms with Crippen LogP contribution in [0.4, 0.5) is 0 Å². The number of hydrogen-bond acceptors (Lipinski definition) is 8. The van der Waals surface area contributed by atoms with E-state index in [1.54, 1.807) is 57.3 Å². The zero-order valence-electron chi connectivity index (χ0n) is 28.4. The molecule has 256 valence electrons. The zero-order chi connectivity index (χ0) is 35.0. The first-order chi connectivity index (χ1) is 22.8. The molecule has 0 saturated heterocycles. The highest BCUT2D eigenvalue weighted by atomic mass is 32.2. The molecule has 48 heavy (non-hydrogen) atoms. The van der Waals surface area contributed by atoms with Gasteiger partial charge in [0.25, 0.3) is 5.91 Å². The standard InChI is InChI=1S/C37H45N3O7S/c1-25(2)22-40(48(44,45)31-18-16-30(46-6)17-19-31)24-36(42)29(20-28-12-8-7-9-13-28)21-35(41)32-14-10-11-15-33(32)37(43)39(5)23-34-26(3)47-27(4)38-34/h7-19,25,29,36,42H,20-24H2,1-6H3/t29-,36-/m1/s1. The third-order valence-electron chi connectivity index (χ3n) is 8.18. The maximum absolute atomic E-state index is 14.0. The molecule has 3 aromatic carbocycles. The van der Waals surface area contributed by atoms with Crippen molar-refractivity contribution in [2.45, 2.75) is 58.1 Å². The number of hydrogen-bond donors (Lipinski definition) is 1. The van der Waals surface area contributed by atoms with Crippen molar-refractivity contribution >= 4 is 21.7 Å². The highest BCUT2D eigenvalue weighted by Crippen LogP contribution is 2.26. The smallest absolute Gasteiger partial charge is 0.254 e. The van der Waals surface area contributed by atoms with Crippen LogP contribution in [0.25, 0.3) is 0 Å². The van der Waals surface area contributed by atoms with E-state index in [0.29, 0.717) is 29.5 Å². The molecule has 1 heterocycles. The molecule has 0 aliphatic carbocycles. The number of nitrogens with zero attached hydrogens (tertiary/aromatic N) is 3. The van der Waals surface area contributed by atoms with E-state index in [-0.39, 0.29) is 59.7 Å². The highest BCUT2D eigenvalue weighted by Gasteiger charge is 2.32. The molecule has 0 radical (unpaired) electrons. The van der Waals surface area contributed by atoms with E-state index < -0.39 is 22.0 Å². The number of benzene rings is 3. The predicted octanol–water partition coefficient (Wildman–Crippen LogP) is 5.71. The number of carbonyl (C=O) groups is 2. The van der Waals surface area contributed by atoms with Crippen LogP contribution < -0.4 is 4.74 Å². The van der Waals surface area contributed by atoms with Crippen LogP contribution in [0.3, 0.4) is 0 Å². The number of oxazole rings is 1. The number of amides is 1. The Morgan fingerprint density at radius 1 is 0.917 bits per heavy atom. The number of rotatable bonds is 16. The number of carbonyl (C=O) groups excluding carboxylic acids is 2. The minimum atomic E-state index is -3.99. The fourth-order valence-electron chi connectivity index (χ4n) is 5.68. The number of aliphatic hydroxyl groups excluding tert-OH is 1. The molecule has 0 spiro atoms. The topological polar surface area (TPSA) is 130 Å². The van der Waals surface area contributed by atoms with Gasteiger partial charge in [0.2, 0.25) is 10.0 Å². The molecule has 0 aliphatic rings. The summed E-state index contributed by atoms with van der Waals surface area (Å²) in [6, 6.07) is 22.2. The van der Waals surface area contributed by atoms with E-state index in [1.807, 2.05) is 44.2 Å². The summed E-state index contributed by atoms with van der Waals surface area (Å²) in [7, 11) is -0.841. The fraction of sp³-hybridized carbons (Fsp3) is 0.378. The number of sulfonamides is 1. The summed E-state index contributed by atoms with van der Waals surface area (Å²) < 4.78 is 39.6. The Balaban J connectivity index is 1.61.